The number of carbonyl (C=O) groups is 1. The molecule has 0 aliphatic carbocycles. The van der Waals surface area contributed by atoms with E-state index in [0.717, 1.165) is 5.56 Å². The van der Waals surface area contributed by atoms with Crippen LogP contribution >= 0.6 is 0 Å². The molecule has 1 heterocycles. The zero-order valence-electron chi connectivity index (χ0n) is 12.0. The van der Waals surface area contributed by atoms with E-state index >= 15 is 0 Å². The van der Waals surface area contributed by atoms with Crippen LogP contribution in [0.5, 0.6) is 5.75 Å². The van der Waals surface area contributed by atoms with Gasteiger partial charge < -0.3 is 14.7 Å². The highest BCUT2D eigenvalue weighted by Gasteiger charge is 2.39. The highest BCUT2D eigenvalue weighted by atomic mass is 19.3. The summed E-state index contributed by atoms with van der Waals surface area (Å²) in [6.45, 7) is 1.99. The fourth-order valence-corrected chi connectivity index (χ4v) is 2.63. The minimum absolute atomic E-state index is 0.0357. The van der Waals surface area contributed by atoms with E-state index in [1.807, 2.05) is 19.1 Å². The molecule has 0 saturated carbocycles. The predicted molar refractivity (Wildman–Crippen MR) is 73.2 cm³/mol. The van der Waals surface area contributed by atoms with Crippen LogP contribution in [0.1, 0.15) is 24.9 Å². The Labute approximate surface area is 122 Å². The van der Waals surface area contributed by atoms with Crippen molar-refractivity contribution in [2.45, 2.75) is 31.9 Å². The smallest absolute Gasteiger partial charge is 0.264 e. The Hall–Kier alpha value is -1.69. The average molecular weight is 299 g/mol. The second kappa shape index (κ2) is 6.39. The van der Waals surface area contributed by atoms with E-state index in [1.165, 1.54) is 4.90 Å². The summed E-state index contributed by atoms with van der Waals surface area (Å²) < 4.78 is 30.2. The molecule has 1 aromatic rings. The van der Waals surface area contributed by atoms with Gasteiger partial charge in [-0.2, -0.15) is 0 Å². The van der Waals surface area contributed by atoms with Crippen LogP contribution in [-0.2, 0) is 4.79 Å². The van der Waals surface area contributed by atoms with Crippen LogP contribution in [-0.4, -0.2) is 42.1 Å². The predicted octanol–water partition coefficient (Wildman–Crippen LogP) is 2.23. The molecule has 4 nitrogen and oxygen atoms in total. The molecule has 1 fully saturated rings. The number of aliphatic hydroxyl groups excluding tert-OH is 1. The number of halogens is 2. The number of likely N-dealkylation sites (tertiary alicyclic amines) is 1. The lowest BCUT2D eigenvalue weighted by atomic mass is 10.0. The lowest BCUT2D eigenvalue weighted by molar-refractivity contribution is -0.129. The van der Waals surface area contributed by atoms with E-state index in [2.05, 4.69) is 0 Å². The molecule has 0 radical (unpaired) electrons. The van der Waals surface area contributed by atoms with E-state index in [1.54, 1.807) is 19.2 Å². The Morgan fingerprint density at radius 3 is 2.48 bits per heavy atom. The number of nitrogens with zero attached hydrogens (tertiary/aromatic N) is 1. The van der Waals surface area contributed by atoms with Gasteiger partial charge in [-0.1, -0.05) is 12.1 Å². The molecular weight excluding hydrogens is 280 g/mol. The molecular formula is C15H19F2NO3. The number of alkyl halides is 2. The number of methoxy groups -OCH3 is 1. The highest BCUT2D eigenvalue weighted by Crippen LogP contribution is 2.31. The summed E-state index contributed by atoms with van der Waals surface area (Å²) in [4.78, 5) is 13.5. The number of hydrogen-bond acceptors (Lipinski definition) is 3. The van der Waals surface area contributed by atoms with Crippen LogP contribution in [0.4, 0.5) is 8.78 Å². The van der Waals surface area contributed by atoms with Crippen molar-refractivity contribution in [1.82, 2.24) is 4.90 Å². The number of carbonyl (C=O) groups excluding carboxylic acids is 1. The summed E-state index contributed by atoms with van der Waals surface area (Å²) in [5, 5.41) is 9.44. The molecule has 0 bridgehead atoms. The van der Waals surface area contributed by atoms with Crippen molar-refractivity contribution in [2.75, 3.05) is 13.7 Å². The summed E-state index contributed by atoms with van der Waals surface area (Å²) in [6.07, 6.45) is -4.60. The Kier molecular flexibility index (Phi) is 4.77. The van der Waals surface area contributed by atoms with Crippen molar-refractivity contribution in [1.29, 1.82) is 0 Å². The maximum Gasteiger partial charge on any atom is 0.264 e. The van der Waals surface area contributed by atoms with Crippen LogP contribution < -0.4 is 4.74 Å². The average Bonchev–Trinajstić information content (AvgIpc) is 2.87. The molecule has 1 aliphatic heterocycles. The fraction of sp³-hybridized carbons (Fsp3) is 0.533. The number of aliphatic hydroxyl groups is 1. The van der Waals surface area contributed by atoms with Gasteiger partial charge in [0.15, 0.2) is 0 Å². The van der Waals surface area contributed by atoms with Gasteiger partial charge in [0.2, 0.25) is 5.91 Å². The Balaban J connectivity index is 2.08. The van der Waals surface area contributed by atoms with Gasteiger partial charge in [0.05, 0.1) is 13.2 Å². The second-order valence-corrected chi connectivity index (χ2v) is 5.28. The first-order valence-corrected chi connectivity index (χ1v) is 6.83. The number of benzene rings is 1. The third-order valence-corrected chi connectivity index (χ3v) is 4.00. The van der Waals surface area contributed by atoms with Crippen LogP contribution in [0.2, 0.25) is 0 Å². The topological polar surface area (TPSA) is 49.8 Å². The SMILES string of the molecule is COc1ccc([C@@H](C)N2CC(C(O)C(F)F)CC2=O)cc1. The lowest BCUT2D eigenvalue weighted by Crippen LogP contribution is -2.32. The Morgan fingerprint density at radius 1 is 1.33 bits per heavy atom. The first-order chi connectivity index (χ1) is 9.93. The number of rotatable bonds is 5. The molecule has 1 N–H and O–H groups in total. The van der Waals surface area contributed by atoms with Crippen LogP contribution in [0, 0.1) is 5.92 Å². The molecule has 6 heteroatoms. The van der Waals surface area contributed by atoms with Crippen LogP contribution in [0.25, 0.3) is 0 Å². The zero-order valence-corrected chi connectivity index (χ0v) is 12.0. The van der Waals surface area contributed by atoms with Crippen LogP contribution in [0.3, 0.4) is 0 Å². The van der Waals surface area contributed by atoms with Gasteiger partial charge in [-0.05, 0) is 24.6 Å². The van der Waals surface area contributed by atoms with Crippen molar-refractivity contribution in [3.63, 3.8) is 0 Å². The number of ether oxygens (including phenoxy) is 1. The van der Waals surface area contributed by atoms with Crippen molar-refractivity contribution in [2.24, 2.45) is 5.92 Å². The Morgan fingerprint density at radius 2 is 1.95 bits per heavy atom. The molecule has 21 heavy (non-hydrogen) atoms. The molecule has 1 aromatic carbocycles. The van der Waals surface area contributed by atoms with Gasteiger partial charge in [0.25, 0.3) is 6.43 Å². The molecule has 0 aromatic heterocycles. The first kappa shape index (κ1) is 15.7. The third kappa shape index (κ3) is 3.32. The molecule has 0 spiro atoms. The van der Waals surface area contributed by atoms with Crippen LogP contribution in [0.15, 0.2) is 24.3 Å². The molecule has 2 unspecified atom stereocenters. The molecule has 116 valence electrons. The van der Waals surface area contributed by atoms with Gasteiger partial charge in [0, 0.05) is 18.9 Å². The van der Waals surface area contributed by atoms with Gasteiger partial charge >= 0.3 is 0 Å². The summed E-state index contributed by atoms with van der Waals surface area (Å²) >= 11 is 0. The molecule has 3 atom stereocenters. The van der Waals surface area contributed by atoms with E-state index in [9.17, 15) is 18.7 Å². The van der Waals surface area contributed by atoms with Gasteiger partial charge in [0.1, 0.15) is 11.9 Å². The van der Waals surface area contributed by atoms with Gasteiger partial charge in [-0.15, -0.1) is 0 Å². The summed E-state index contributed by atoms with van der Waals surface area (Å²) in [7, 11) is 1.57. The van der Waals surface area contributed by atoms with Crippen molar-refractivity contribution in [3.8, 4) is 5.75 Å². The lowest BCUT2D eigenvalue weighted by Gasteiger charge is -2.26. The largest absolute Gasteiger partial charge is 0.497 e. The first-order valence-electron chi connectivity index (χ1n) is 6.83. The molecule has 1 saturated heterocycles. The molecule has 1 amide bonds. The van der Waals surface area contributed by atoms with Crippen molar-refractivity contribution >= 4 is 5.91 Å². The monoisotopic (exact) mass is 299 g/mol. The fourth-order valence-electron chi connectivity index (χ4n) is 2.63. The van der Waals surface area contributed by atoms with Crippen molar-refractivity contribution in [3.05, 3.63) is 29.8 Å². The maximum absolute atomic E-state index is 12.5. The molecule has 2 rings (SSSR count). The molecule has 1 aliphatic rings. The zero-order chi connectivity index (χ0) is 15.6. The standard InChI is InChI=1S/C15H19F2NO3/c1-9(10-3-5-12(21-2)6-4-10)18-8-11(7-13(18)19)14(20)15(16)17/h3-6,9,11,14-15,20H,7-8H2,1-2H3/t9-,11?,14?/m1/s1. The quantitative estimate of drug-likeness (QED) is 0.907. The summed E-state index contributed by atoms with van der Waals surface area (Å²) in [5.41, 5.74) is 0.899. The van der Waals surface area contributed by atoms with Gasteiger partial charge in [-0.25, -0.2) is 8.78 Å². The van der Waals surface area contributed by atoms with E-state index in [4.69, 9.17) is 4.74 Å². The number of amides is 1. The Bertz CT molecular complexity index is 492. The maximum atomic E-state index is 12.5. The highest BCUT2D eigenvalue weighted by molar-refractivity contribution is 5.79. The third-order valence-electron chi connectivity index (χ3n) is 4.00. The number of hydrogen-bond donors (Lipinski definition) is 1. The minimum atomic E-state index is -2.82. The van der Waals surface area contributed by atoms with Gasteiger partial charge in [-0.3, -0.25) is 4.79 Å². The van der Waals surface area contributed by atoms with E-state index in [-0.39, 0.29) is 24.9 Å². The normalized spacial score (nSPS) is 21.7. The minimum Gasteiger partial charge on any atom is -0.497 e. The summed E-state index contributed by atoms with van der Waals surface area (Å²) in [5.74, 6) is -0.203. The van der Waals surface area contributed by atoms with E-state index in [0.29, 0.717) is 5.75 Å². The second-order valence-electron chi connectivity index (χ2n) is 5.28. The summed E-state index contributed by atoms with van der Waals surface area (Å²) in [6, 6.07) is 7.04. The van der Waals surface area contributed by atoms with E-state index < -0.39 is 18.4 Å². The van der Waals surface area contributed by atoms with Crippen molar-refractivity contribution < 1.29 is 23.4 Å².